The highest BCUT2D eigenvalue weighted by atomic mass is 35.5. The number of hydrogen-bond donors (Lipinski definition) is 1. The molecular weight excluding hydrogens is 474 g/mol. The number of hydrogen-bond acceptors (Lipinski definition) is 5. The quantitative estimate of drug-likeness (QED) is 0.272. The Balaban J connectivity index is 1.65. The van der Waals surface area contributed by atoms with Crippen LogP contribution in [0.5, 0.6) is 11.6 Å². The second kappa shape index (κ2) is 12.7. The van der Waals surface area contributed by atoms with Gasteiger partial charge in [0.15, 0.2) is 0 Å². The van der Waals surface area contributed by atoms with Crippen LogP contribution in [0.25, 0.3) is 11.3 Å². The normalized spacial score (nSPS) is 12.1. The maximum absolute atomic E-state index is 10.9. The highest BCUT2D eigenvalue weighted by molar-refractivity contribution is 6.32. The molecule has 0 aliphatic carbocycles. The Morgan fingerprint density at radius 1 is 0.972 bits per heavy atom. The van der Waals surface area contributed by atoms with Gasteiger partial charge in [-0.1, -0.05) is 84.4 Å². The van der Waals surface area contributed by atoms with E-state index in [9.17, 15) is 5.11 Å². The molecule has 0 bridgehead atoms. The summed E-state index contributed by atoms with van der Waals surface area (Å²) in [5, 5.41) is 16.3. The molecule has 1 aromatic heterocycles. The van der Waals surface area contributed by atoms with Gasteiger partial charge in [0.2, 0.25) is 5.88 Å². The van der Waals surface area contributed by atoms with Gasteiger partial charge in [0.1, 0.15) is 11.4 Å². The fraction of sp³-hybridized carbons (Fsp3) is 0.276. The molecule has 0 radical (unpaired) electrons. The monoisotopic (exact) mass is 505 g/mol. The largest absolute Gasteiger partial charge is 0.437 e. The van der Waals surface area contributed by atoms with Crippen LogP contribution in [0.3, 0.4) is 0 Å². The smallest absolute Gasteiger partial charge is 0.222 e. The molecule has 0 aliphatic rings. The topological polar surface area (TPSA) is 59.8 Å². The molecular formula is C29H32ClN3O3. The fourth-order valence-corrected chi connectivity index (χ4v) is 4.38. The highest BCUT2D eigenvalue weighted by Crippen LogP contribution is 2.36. The van der Waals surface area contributed by atoms with Gasteiger partial charge >= 0.3 is 0 Å². The maximum Gasteiger partial charge on any atom is 0.222 e. The molecule has 0 fully saturated rings. The zero-order valence-corrected chi connectivity index (χ0v) is 21.4. The van der Waals surface area contributed by atoms with E-state index in [0.717, 1.165) is 22.4 Å². The predicted molar refractivity (Wildman–Crippen MR) is 143 cm³/mol. The van der Waals surface area contributed by atoms with Crippen LogP contribution >= 0.6 is 11.6 Å². The van der Waals surface area contributed by atoms with Crippen LogP contribution in [-0.2, 0) is 24.8 Å². The third-order valence-corrected chi connectivity index (χ3v) is 6.27. The maximum atomic E-state index is 10.9. The van der Waals surface area contributed by atoms with Gasteiger partial charge in [0, 0.05) is 39.4 Å². The van der Waals surface area contributed by atoms with Gasteiger partial charge in [0.05, 0.1) is 23.3 Å². The van der Waals surface area contributed by atoms with Crippen molar-refractivity contribution in [1.29, 1.82) is 0 Å². The average molecular weight is 506 g/mol. The number of aliphatic hydroxyl groups is 1. The molecule has 0 unspecified atom stereocenters. The van der Waals surface area contributed by atoms with E-state index in [4.69, 9.17) is 26.2 Å². The summed E-state index contributed by atoms with van der Waals surface area (Å²) >= 11 is 6.41. The standard InChI is InChI=1S/C29H32ClN3O3/c1-32-29(36-27-16-10-9-15-26(27)30)25(28(31-32)23-13-7-4-8-14-23)21-33(17-18-35-2)20-24(34)19-22-11-5-3-6-12-22/h3-16,24,34H,17-21H2,1-2H3/t24-/m0/s1. The first-order valence-electron chi connectivity index (χ1n) is 12.0. The number of aromatic nitrogens is 2. The van der Waals surface area contributed by atoms with Crippen LogP contribution in [-0.4, -0.2) is 52.7 Å². The van der Waals surface area contributed by atoms with E-state index < -0.39 is 6.10 Å². The molecule has 0 saturated heterocycles. The van der Waals surface area contributed by atoms with Crippen molar-refractivity contribution in [2.75, 3.05) is 26.8 Å². The van der Waals surface area contributed by atoms with Crippen molar-refractivity contribution in [2.45, 2.75) is 19.1 Å². The molecule has 4 rings (SSSR count). The second-order valence-corrected chi connectivity index (χ2v) is 9.13. The summed E-state index contributed by atoms with van der Waals surface area (Å²) in [6, 6.07) is 27.5. The minimum atomic E-state index is -0.533. The third kappa shape index (κ3) is 6.74. The number of ether oxygens (including phenoxy) is 2. The summed E-state index contributed by atoms with van der Waals surface area (Å²) in [4.78, 5) is 2.18. The number of nitrogens with zero attached hydrogens (tertiary/aromatic N) is 3. The Morgan fingerprint density at radius 2 is 1.64 bits per heavy atom. The number of aliphatic hydroxyl groups excluding tert-OH is 1. The molecule has 3 aromatic carbocycles. The van der Waals surface area contributed by atoms with Crippen molar-refractivity contribution in [3.63, 3.8) is 0 Å². The van der Waals surface area contributed by atoms with E-state index in [0.29, 0.717) is 49.3 Å². The molecule has 188 valence electrons. The van der Waals surface area contributed by atoms with E-state index in [1.54, 1.807) is 17.9 Å². The number of rotatable bonds is 12. The highest BCUT2D eigenvalue weighted by Gasteiger charge is 2.24. The molecule has 36 heavy (non-hydrogen) atoms. The van der Waals surface area contributed by atoms with Gasteiger partial charge in [-0.3, -0.25) is 4.90 Å². The van der Waals surface area contributed by atoms with Crippen LogP contribution in [0.2, 0.25) is 5.02 Å². The molecule has 0 aliphatic heterocycles. The van der Waals surface area contributed by atoms with Gasteiger partial charge in [-0.25, -0.2) is 4.68 Å². The molecule has 7 heteroatoms. The summed E-state index contributed by atoms with van der Waals surface area (Å²) in [5.41, 5.74) is 3.85. The lowest BCUT2D eigenvalue weighted by Gasteiger charge is -2.25. The van der Waals surface area contributed by atoms with Gasteiger partial charge in [-0.15, -0.1) is 0 Å². The summed E-state index contributed by atoms with van der Waals surface area (Å²) in [6.45, 7) is 2.19. The van der Waals surface area contributed by atoms with Crippen molar-refractivity contribution in [3.05, 3.63) is 101 Å². The van der Waals surface area contributed by atoms with Crippen LogP contribution in [0.1, 0.15) is 11.1 Å². The van der Waals surface area contributed by atoms with Crippen molar-refractivity contribution in [3.8, 4) is 22.9 Å². The number of methoxy groups -OCH3 is 1. The van der Waals surface area contributed by atoms with Gasteiger partial charge < -0.3 is 14.6 Å². The molecule has 1 atom stereocenters. The fourth-order valence-electron chi connectivity index (χ4n) is 4.21. The molecule has 1 N–H and O–H groups in total. The average Bonchev–Trinajstić information content (AvgIpc) is 3.19. The predicted octanol–water partition coefficient (Wildman–Crippen LogP) is 5.58. The van der Waals surface area contributed by atoms with Crippen molar-refractivity contribution in [1.82, 2.24) is 14.7 Å². The Kier molecular flexibility index (Phi) is 9.14. The van der Waals surface area contributed by atoms with Crippen molar-refractivity contribution < 1.29 is 14.6 Å². The van der Waals surface area contributed by atoms with E-state index in [-0.39, 0.29) is 0 Å². The van der Waals surface area contributed by atoms with Crippen LogP contribution < -0.4 is 4.74 Å². The Bertz CT molecular complexity index is 1230. The molecule has 0 amide bonds. The first kappa shape index (κ1) is 25.9. The van der Waals surface area contributed by atoms with Crippen molar-refractivity contribution in [2.24, 2.45) is 7.05 Å². The second-order valence-electron chi connectivity index (χ2n) is 8.73. The summed E-state index contributed by atoms with van der Waals surface area (Å²) in [7, 11) is 3.55. The lowest BCUT2D eigenvalue weighted by atomic mass is 10.1. The zero-order valence-electron chi connectivity index (χ0n) is 20.7. The number of benzene rings is 3. The first-order valence-corrected chi connectivity index (χ1v) is 12.4. The van der Waals surface area contributed by atoms with Crippen LogP contribution in [0.15, 0.2) is 84.9 Å². The Morgan fingerprint density at radius 3 is 2.33 bits per heavy atom. The summed E-state index contributed by atoms with van der Waals surface area (Å²) in [6.07, 6.45) is 0.0420. The minimum Gasteiger partial charge on any atom is -0.437 e. The Hall–Kier alpha value is -3.16. The van der Waals surface area contributed by atoms with E-state index in [1.807, 2.05) is 85.9 Å². The van der Waals surface area contributed by atoms with E-state index >= 15 is 0 Å². The van der Waals surface area contributed by atoms with Crippen molar-refractivity contribution >= 4 is 11.6 Å². The zero-order chi connectivity index (χ0) is 25.3. The molecule has 0 saturated carbocycles. The van der Waals surface area contributed by atoms with Gasteiger partial charge in [-0.05, 0) is 24.1 Å². The molecule has 1 heterocycles. The molecule has 0 spiro atoms. The summed E-state index contributed by atoms with van der Waals surface area (Å²) in [5.74, 6) is 1.18. The lowest BCUT2D eigenvalue weighted by molar-refractivity contribution is 0.0848. The van der Waals surface area contributed by atoms with E-state index in [1.165, 1.54) is 0 Å². The summed E-state index contributed by atoms with van der Waals surface area (Å²) < 4.78 is 13.5. The van der Waals surface area contributed by atoms with Gasteiger partial charge in [0.25, 0.3) is 0 Å². The number of halogens is 1. The SMILES string of the molecule is COCCN(Cc1c(-c2ccccc2)nn(C)c1Oc1ccccc1Cl)C[C@@H](O)Cc1ccccc1. The molecule has 6 nitrogen and oxygen atoms in total. The first-order chi connectivity index (χ1) is 17.5. The van der Waals surface area contributed by atoms with Crippen LogP contribution in [0.4, 0.5) is 0 Å². The Labute approximate surface area is 217 Å². The minimum absolute atomic E-state index is 0.479. The van der Waals surface area contributed by atoms with E-state index in [2.05, 4.69) is 4.90 Å². The number of aryl methyl sites for hydroxylation is 1. The third-order valence-electron chi connectivity index (χ3n) is 5.95. The van der Waals surface area contributed by atoms with Crippen LogP contribution in [0, 0.1) is 0 Å². The lowest BCUT2D eigenvalue weighted by Crippen LogP contribution is -2.35. The van der Waals surface area contributed by atoms with Gasteiger partial charge in [-0.2, -0.15) is 5.10 Å². The number of para-hydroxylation sites is 1. The molecule has 4 aromatic rings.